The molecule has 0 radical (unpaired) electrons. The van der Waals surface area contributed by atoms with Crippen molar-refractivity contribution in [3.63, 3.8) is 0 Å². The van der Waals surface area contributed by atoms with Crippen LogP contribution in [0.4, 0.5) is 0 Å². The fraction of sp³-hybridized carbons (Fsp3) is 0.867. The quantitative estimate of drug-likeness (QED) is 0.420. The van der Waals surface area contributed by atoms with E-state index in [1.165, 1.54) is 25.7 Å². The van der Waals surface area contributed by atoms with Crippen molar-refractivity contribution in [3.8, 4) is 0 Å². The van der Waals surface area contributed by atoms with Crippen LogP contribution in [0.25, 0.3) is 0 Å². The molecule has 0 spiro atoms. The second-order valence-electron chi connectivity index (χ2n) is 5.94. The summed E-state index contributed by atoms with van der Waals surface area (Å²) in [6.45, 7) is 1.57. The Balaban J connectivity index is 2.12. The van der Waals surface area contributed by atoms with Crippen LogP contribution in [0.2, 0.25) is 0 Å². The standard InChI is InChI=1S/C15H29N3O2/c1-18(2)11-7-10-16-14(19)12-15(20)17-13-8-5-3-4-6-9-13/h13H,3-12H2,1-2H3,(H,16,19)(H,17,20). The van der Waals surface area contributed by atoms with Crippen molar-refractivity contribution in [1.82, 2.24) is 15.5 Å². The number of hydrogen-bond donors (Lipinski definition) is 2. The normalized spacial score (nSPS) is 16.8. The minimum atomic E-state index is -0.171. The summed E-state index contributed by atoms with van der Waals surface area (Å²) in [4.78, 5) is 25.5. The number of nitrogens with zero attached hydrogens (tertiary/aromatic N) is 1. The summed E-state index contributed by atoms with van der Waals surface area (Å²) in [7, 11) is 4.00. The molecular formula is C15H29N3O2. The Morgan fingerprint density at radius 1 is 1.05 bits per heavy atom. The maximum Gasteiger partial charge on any atom is 0.229 e. The lowest BCUT2D eigenvalue weighted by molar-refractivity contribution is -0.129. The Morgan fingerprint density at radius 3 is 2.30 bits per heavy atom. The third kappa shape index (κ3) is 8.15. The van der Waals surface area contributed by atoms with Crippen molar-refractivity contribution in [2.24, 2.45) is 0 Å². The first-order chi connectivity index (χ1) is 9.58. The highest BCUT2D eigenvalue weighted by molar-refractivity contribution is 5.96. The number of amides is 2. The molecule has 1 saturated carbocycles. The summed E-state index contributed by atoms with van der Waals surface area (Å²) in [6.07, 6.45) is 7.86. The lowest BCUT2D eigenvalue weighted by Gasteiger charge is -2.16. The van der Waals surface area contributed by atoms with Crippen molar-refractivity contribution in [2.75, 3.05) is 27.2 Å². The van der Waals surface area contributed by atoms with Gasteiger partial charge < -0.3 is 15.5 Å². The minimum absolute atomic E-state index is 0.0432. The molecule has 0 aliphatic heterocycles. The fourth-order valence-electron chi connectivity index (χ4n) is 2.53. The van der Waals surface area contributed by atoms with Crippen molar-refractivity contribution >= 4 is 11.8 Å². The first kappa shape index (κ1) is 17.0. The molecule has 0 heterocycles. The lowest BCUT2D eigenvalue weighted by Crippen LogP contribution is -2.38. The van der Waals surface area contributed by atoms with E-state index in [0.717, 1.165) is 25.8 Å². The van der Waals surface area contributed by atoms with Crippen LogP contribution < -0.4 is 10.6 Å². The van der Waals surface area contributed by atoms with Crippen LogP contribution in [0.3, 0.4) is 0 Å². The number of carbonyl (C=O) groups is 2. The highest BCUT2D eigenvalue weighted by Crippen LogP contribution is 2.17. The molecule has 1 aliphatic carbocycles. The summed E-state index contributed by atoms with van der Waals surface area (Å²) < 4.78 is 0. The topological polar surface area (TPSA) is 61.4 Å². The molecule has 1 rings (SSSR count). The molecule has 1 aliphatic rings. The van der Waals surface area contributed by atoms with Gasteiger partial charge in [-0.3, -0.25) is 9.59 Å². The van der Waals surface area contributed by atoms with Gasteiger partial charge in [0.1, 0.15) is 6.42 Å². The summed E-state index contributed by atoms with van der Waals surface area (Å²) in [5.41, 5.74) is 0. The maximum atomic E-state index is 11.8. The van der Waals surface area contributed by atoms with Crippen LogP contribution in [-0.2, 0) is 9.59 Å². The van der Waals surface area contributed by atoms with Crippen molar-refractivity contribution in [3.05, 3.63) is 0 Å². The smallest absolute Gasteiger partial charge is 0.229 e. The van der Waals surface area contributed by atoms with Gasteiger partial charge in [-0.1, -0.05) is 25.7 Å². The van der Waals surface area contributed by atoms with Crippen LogP contribution in [0.15, 0.2) is 0 Å². The molecule has 0 saturated heterocycles. The average molecular weight is 283 g/mol. The van der Waals surface area contributed by atoms with Gasteiger partial charge in [0.15, 0.2) is 0 Å². The Kier molecular flexibility index (Phi) is 8.26. The number of hydrogen-bond acceptors (Lipinski definition) is 3. The molecule has 2 N–H and O–H groups in total. The first-order valence-corrected chi connectivity index (χ1v) is 7.78. The third-order valence-corrected chi connectivity index (χ3v) is 3.65. The SMILES string of the molecule is CN(C)CCCNC(=O)CC(=O)NC1CCCCCC1. The molecule has 1 fully saturated rings. The second-order valence-corrected chi connectivity index (χ2v) is 5.94. The second kappa shape index (κ2) is 9.75. The summed E-state index contributed by atoms with van der Waals surface area (Å²) in [5, 5.41) is 5.78. The Labute approximate surface area is 122 Å². The van der Waals surface area contributed by atoms with Gasteiger partial charge in [-0.15, -0.1) is 0 Å². The van der Waals surface area contributed by atoms with E-state index in [1.807, 2.05) is 14.1 Å². The average Bonchev–Trinajstić information content (AvgIpc) is 2.63. The van der Waals surface area contributed by atoms with Gasteiger partial charge in [-0.25, -0.2) is 0 Å². The molecule has 0 unspecified atom stereocenters. The largest absolute Gasteiger partial charge is 0.356 e. The van der Waals surface area contributed by atoms with Gasteiger partial charge in [-0.05, 0) is 39.9 Å². The summed E-state index contributed by atoms with van der Waals surface area (Å²) in [6, 6.07) is 0.270. The summed E-state index contributed by atoms with van der Waals surface area (Å²) in [5.74, 6) is -0.308. The first-order valence-electron chi connectivity index (χ1n) is 7.78. The van der Waals surface area contributed by atoms with E-state index in [2.05, 4.69) is 15.5 Å². The van der Waals surface area contributed by atoms with Crippen molar-refractivity contribution in [1.29, 1.82) is 0 Å². The van der Waals surface area contributed by atoms with Gasteiger partial charge in [0.05, 0.1) is 0 Å². The van der Waals surface area contributed by atoms with Crippen LogP contribution in [-0.4, -0.2) is 49.9 Å². The van der Waals surface area contributed by atoms with Crippen LogP contribution >= 0.6 is 0 Å². The Bertz CT molecular complexity index is 297. The predicted octanol–water partition coefficient (Wildman–Crippen LogP) is 1.28. The van der Waals surface area contributed by atoms with E-state index in [4.69, 9.17) is 0 Å². The highest BCUT2D eigenvalue weighted by atomic mass is 16.2. The predicted molar refractivity (Wildman–Crippen MR) is 80.4 cm³/mol. The molecule has 0 aromatic carbocycles. The number of rotatable bonds is 7. The van der Waals surface area contributed by atoms with Crippen LogP contribution in [0.1, 0.15) is 51.4 Å². The minimum Gasteiger partial charge on any atom is -0.356 e. The monoisotopic (exact) mass is 283 g/mol. The van der Waals surface area contributed by atoms with E-state index in [0.29, 0.717) is 6.54 Å². The van der Waals surface area contributed by atoms with Gasteiger partial charge in [0.2, 0.25) is 11.8 Å². The zero-order valence-electron chi connectivity index (χ0n) is 12.9. The van der Waals surface area contributed by atoms with Crippen LogP contribution in [0.5, 0.6) is 0 Å². The molecular weight excluding hydrogens is 254 g/mol. The van der Waals surface area contributed by atoms with Crippen LogP contribution in [0, 0.1) is 0 Å². The van der Waals surface area contributed by atoms with Crippen molar-refractivity contribution < 1.29 is 9.59 Å². The van der Waals surface area contributed by atoms with Gasteiger partial charge in [0.25, 0.3) is 0 Å². The zero-order chi connectivity index (χ0) is 14.8. The van der Waals surface area contributed by atoms with Gasteiger partial charge >= 0.3 is 0 Å². The van der Waals surface area contributed by atoms with Gasteiger partial charge in [-0.2, -0.15) is 0 Å². The molecule has 5 nitrogen and oxygen atoms in total. The molecule has 20 heavy (non-hydrogen) atoms. The Morgan fingerprint density at radius 2 is 1.70 bits per heavy atom. The Hall–Kier alpha value is -1.10. The van der Waals surface area contributed by atoms with Gasteiger partial charge in [0, 0.05) is 12.6 Å². The van der Waals surface area contributed by atoms with E-state index in [1.54, 1.807) is 0 Å². The van der Waals surface area contributed by atoms with E-state index >= 15 is 0 Å². The molecule has 5 heteroatoms. The van der Waals surface area contributed by atoms with Crippen molar-refractivity contribution in [2.45, 2.75) is 57.4 Å². The lowest BCUT2D eigenvalue weighted by atomic mass is 10.1. The van der Waals surface area contributed by atoms with E-state index in [9.17, 15) is 9.59 Å². The molecule has 0 bridgehead atoms. The third-order valence-electron chi connectivity index (χ3n) is 3.65. The molecule has 0 aromatic heterocycles. The molecule has 116 valence electrons. The molecule has 2 amide bonds. The number of carbonyl (C=O) groups excluding carboxylic acids is 2. The molecule has 0 atom stereocenters. The number of nitrogens with one attached hydrogen (secondary N) is 2. The summed E-state index contributed by atoms with van der Waals surface area (Å²) >= 11 is 0. The maximum absolute atomic E-state index is 11.8. The van der Waals surface area contributed by atoms with E-state index < -0.39 is 0 Å². The van der Waals surface area contributed by atoms with E-state index in [-0.39, 0.29) is 24.3 Å². The zero-order valence-corrected chi connectivity index (χ0v) is 12.9. The highest BCUT2D eigenvalue weighted by Gasteiger charge is 2.16. The fourth-order valence-corrected chi connectivity index (χ4v) is 2.53. The molecule has 0 aromatic rings.